The van der Waals surface area contributed by atoms with Crippen molar-refractivity contribution in [2.45, 2.75) is 38.8 Å². The standard InChI is InChI=1S/C29H26N4O5/c1-18(34)20-5-4-6-22(16-20)31-27(36)17-32-25-8-3-2-7-24(25)28(37)33(29(32)38)23-13-9-19(10-14-23)15-26(35)30-21-11-12-21/h2-10,13-14,16,21H,11-12,15,17H2,1H3,(H,30,35)(H,31,36). The third-order valence-electron chi connectivity index (χ3n) is 6.41. The lowest BCUT2D eigenvalue weighted by Gasteiger charge is -2.15. The molecule has 0 aliphatic heterocycles. The van der Waals surface area contributed by atoms with Crippen molar-refractivity contribution in [2.75, 3.05) is 5.32 Å². The molecule has 0 saturated heterocycles. The molecule has 0 spiro atoms. The number of anilines is 1. The predicted octanol–water partition coefficient (Wildman–Crippen LogP) is 2.81. The molecule has 5 rings (SSSR count). The number of hydrogen-bond acceptors (Lipinski definition) is 5. The van der Waals surface area contributed by atoms with Crippen LogP contribution < -0.4 is 21.9 Å². The van der Waals surface area contributed by atoms with Gasteiger partial charge in [-0.2, -0.15) is 0 Å². The topological polar surface area (TPSA) is 119 Å². The minimum Gasteiger partial charge on any atom is -0.353 e. The van der Waals surface area contributed by atoms with Gasteiger partial charge in [0.1, 0.15) is 6.54 Å². The molecule has 0 atom stereocenters. The number of amides is 2. The van der Waals surface area contributed by atoms with Crippen LogP contribution in [0.5, 0.6) is 0 Å². The molecular formula is C29H26N4O5. The second kappa shape index (κ2) is 10.3. The maximum absolute atomic E-state index is 13.6. The molecule has 3 aromatic carbocycles. The Morgan fingerprint density at radius 3 is 2.34 bits per heavy atom. The highest BCUT2D eigenvalue weighted by molar-refractivity contribution is 5.97. The molecule has 1 aliphatic carbocycles. The summed E-state index contributed by atoms with van der Waals surface area (Å²) >= 11 is 0. The van der Waals surface area contributed by atoms with E-state index in [1.807, 2.05) is 0 Å². The van der Waals surface area contributed by atoms with Crippen molar-refractivity contribution < 1.29 is 14.4 Å². The third kappa shape index (κ3) is 5.31. The number of carbonyl (C=O) groups excluding carboxylic acids is 3. The van der Waals surface area contributed by atoms with E-state index in [1.54, 1.807) is 72.8 Å². The van der Waals surface area contributed by atoms with E-state index in [-0.39, 0.29) is 36.1 Å². The van der Waals surface area contributed by atoms with E-state index in [0.717, 1.165) is 23.0 Å². The van der Waals surface area contributed by atoms with Gasteiger partial charge in [-0.15, -0.1) is 0 Å². The molecule has 0 bridgehead atoms. The van der Waals surface area contributed by atoms with E-state index in [1.165, 1.54) is 11.5 Å². The molecular weight excluding hydrogens is 484 g/mol. The van der Waals surface area contributed by atoms with Crippen LogP contribution in [0.2, 0.25) is 0 Å². The third-order valence-corrected chi connectivity index (χ3v) is 6.41. The van der Waals surface area contributed by atoms with Crippen LogP contribution in [-0.4, -0.2) is 32.8 Å². The number of rotatable bonds is 8. The van der Waals surface area contributed by atoms with Crippen LogP contribution in [0.3, 0.4) is 0 Å². The Labute approximate surface area is 217 Å². The summed E-state index contributed by atoms with van der Waals surface area (Å²) in [6.45, 7) is 1.09. The zero-order valence-corrected chi connectivity index (χ0v) is 20.8. The number of aromatic nitrogens is 2. The van der Waals surface area contributed by atoms with Gasteiger partial charge < -0.3 is 10.6 Å². The number of benzene rings is 3. The summed E-state index contributed by atoms with van der Waals surface area (Å²) in [5.74, 6) is -0.685. The van der Waals surface area contributed by atoms with Gasteiger partial charge in [-0.1, -0.05) is 36.4 Å². The number of hydrogen-bond donors (Lipinski definition) is 2. The van der Waals surface area contributed by atoms with Crippen LogP contribution in [0.4, 0.5) is 5.69 Å². The Morgan fingerprint density at radius 2 is 1.63 bits per heavy atom. The van der Waals surface area contributed by atoms with Crippen molar-refractivity contribution in [3.63, 3.8) is 0 Å². The van der Waals surface area contributed by atoms with Crippen LogP contribution in [0.1, 0.15) is 35.7 Å². The Kier molecular flexibility index (Phi) is 6.74. The summed E-state index contributed by atoms with van der Waals surface area (Å²) in [6.07, 6.45) is 2.22. The second-order valence-corrected chi connectivity index (χ2v) is 9.40. The van der Waals surface area contributed by atoms with E-state index < -0.39 is 17.2 Å². The summed E-state index contributed by atoms with van der Waals surface area (Å²) < 4.78 is 2.28. The van der Waals surface area contributed by atoms with Gasteiger partial charge >= 0.3 is 5.69 Å². The van der Waals surface area contributed by atoms with Gasteiger partial charge in [0.15, 0.2) is 5.78 Å². The number of para-hydroxylation sites is 1. The average Bonchev–Trinajstić information content (AvgIpc) is 3.71. The molecule has 1 saturated carbocycles. The highest BCUT2D eigenvalue weighted by Gasteiger charge is 2.23. The van der Waals surface area contributed by atoms with Gasteiger partial charge in [0.05, 0.1) is 23.0 Å². The predicted molar refractivity (Wildman–Crippen MR) is 144 cm³/mol. The van der Waals surface area contributed by atoms with E-state index in [2.05, 4.69) is 10.6 Å². The average molecular weight is 511 g/mol. The molecule has 2 N–H and O–H groups in total. The van der Waals surface area contributed by atoms with Gasteiger partial charge in [0.25, 0.3) is 5.56 Å². The van der Waals surface area contributed by atoms with Crippen molar-refractivity contribution in [1.29, 1.82) is 0 Å². The Hall–Kier alpha value is -4.79. The molecule has 9 nitrogen and oxygen atoms in total. The zero-order valence-electron chi connectivity index (χ0n) is 20.8. The summed E-state index contributed by atoms with van der Waals surface area (Å²) in [4.78, 5) is 63.6. The van der Waals surface area contributed by atoms with Crippen molar-refractivity contribution in [3.05, 3.63) is 105 Å². The molecule has 1 aliphatic rings. The number of carbonyl (C=O) groups is 3. The SMILES string of the molecule is CC(=O)c1cccc(NC(=O)Cn2c(=O)n(-c3ccc(CC(=O)NC4CC4)cc3)c(=O)c3ccccc32)c1. The quantitative estimate of drug-likeness (QED) is 0.353. The first-order valence-corrected chi connectivity index (χ1v) is 12.3. The maximum Gasteiger partial charge on any atom is 0.336 e. The van der Waals surface area contributed by atoms with Crippen molar-refractivity contribution >= 4 is 34.2 Å². The fourth-order valence-corrected chi connectivity index (χ4v) is 4.32. The lowest BCUT2D eigenvalue weighted by Crippen LogP contribution is -2.40. The van der Waals surface area contributed by atoms with Crippen LogP contribution in [-0.2, 0) is 22.6 Å². The lowest BCUT2D eigenvalue weighted by molar-refractivity contribution is -0.120. The minimum absolute atomic E-state index is 0.0645. The first-order valence-electron chi connectivity index (χ1n) is 12.3. The Bertz CT molecular complexity index is 1680. The summed E-state index contributed by atoms with van der Waals surface area (Å²) in [5, 5.41) is 5.94. The molecule has 0 radical (unpaired) electrons. The fraction of sp³-hybridized carbons (Fsp3) is 0.207. The van der Waals surface area contributed by atoms with E-state index in [4.69, 9.17) is 0 Å². The van der Waals surface area contributed by atoms with E-state index in [0.29, 0.717) is 22.5 Å². The van der Waals surface area contributed by atoms with Crippen LogP contribution in [0.15, 0.2) is 82.4 Å². The first-order chi connectivity index (χ1) is 18.3. The normalized spacial score (nSPS) is 12.8. The fourth-order valence-electron chi connectivity index (χ4n) is 4.32. The van der Waals surface area contributed by atoms with Gasteiger partial charge in [0.2, 0.25) is 11.8 Å². The van der Waals surface area contributed by atoms with Gasteiger partial charge in [-0.05, 0) is 61.7 Å². The molecule has 4 aromatic rings. The van der Waals surface area contributed by atoms with Crippen LogP contribution >= 0.6 is 0 Å². The highest BCUT2D eigenvalue weighted by atomic mass is 16.2. The zero-order chi connectivity index (χ0) is 26.8. The monoisotopic (exact) mass is 510 g/mol. The molecule has 2 amide bonds. The van der Waals surface area contributed by atoms with E-state index in [9.17, 15) is 24.0 Å². The molecule has 192 valence electrons. The second-order valence-electron chi connectivity index (χ2n) is 9.40. The van der Waals surface area contributed by atoms with Gasteiger partial charge in [0, 0.05) is 17.3 Å². The summed E-state index contributed by atoms with van der Waals surface area (Å²) in [6, 6.07) is 20.1. The molecule has 1 fully saturated rings. The first kappa shape index (κ1) is 24.9. The number of fused-ring (bicyclic) bond motifs is 1. The number of nitrogens with zero attached hydrogens (tertiary/aromatic N) is 2. The van der Waals surface area contributed by atoms with Crippen molar-refractivity contribution in [1.82, 2.24) is 14.5 Å². The molecule has 1 aromatic heterocycles. The van der Waals surface area contributed by atoms with Crippen LogP contribution in [0, 0.1) is 0 Å². The van der Waals surface area contributed by atoms with Gasteiger partial charge in [-0.25, -0.2) is 9.36 Å². The smallest absolute Gasteiger partial charge is 0.336 e. The largest absolute Gasteiger partial charge is 0.353 e. The molecule has 1 heterocycles. The molecule has 9 heteroatoms. The Morgan fingerprint density at radius 1 is 0.895 bits per heavy atom. The minimum atomic E-state index is -0.666. The van der Waals surface area contributed by atoms with Crippen molar-refractivity contribution in [3.8, 4) is 5.69 Å². The Balaban J connectivity index is 1.46. The number of nitrogens with one attached hydrogen (secondary N) is 2. The maximum atomic E-state index is 13.6. The van der Waals surface area contributed by atoms with Crippen molar-refractivity contribution in [2.24, 2.45) is 0 Å². The molecule has 38 heavy (non-hydrogen) atoms. The molecule has 0 unspecified atom stereocenters. The van der Waals surface area contributed by atoms with Gasteiger partial charge in [-0.3, -0.25) is 23.7 Å². The van der Waals surface area contributed by atoms with Crippen LogP contribution in [0.25, 0.3) is 16.6 Å². The highest BCUT2D eigenvalue weighted by Crippen LogP contribution is 2.19. The van der Waals surface area contributed by atoms with E-state index >= 15 is 0 Å². The number of ketones is 1. The lowest BCUT2D eigenvalue weighted by atomic mass is 10.1. The summed E-state index contributed by atoms with van der Waals surface area (Å²) in [5.41, 5.74) is 1.13. The summed E-state index contributed by atoms with van der Waals surface area (Å²) in [7, 11) is 0. The number of Topliss-reactive ketones (excluding diaryl/α,β-unsaturated/α-hetero) is 1.